The zero-order chi connectivity index (χ0) is 16.4. The molecule has 23 heavy (non-hydrogen) atoms. The van der Waals surface area contributed by atoms with Crippen LogP contribution in [0, 0.1) is 5.92 Å². The van der Waals surface area contributed by atoms with Crippen LogP contribution in [0.25, 0.3) is 0 Å². The fourth-order valence-electron chi connectivity index (χ4n) is 3.38. The van der Waals surface area contributed by atoms with Crippen molar-refractivity contribution in [2.45, 2.75) is 52.1 Å². The maximum absolute atomic E-state index is 4.52. The second kappa shape index (κ2) is 6.48. The molecule has 0 saturated carbocycles. The van der Waals surface area contributed by atoms with E-state index < -0.39 is 0 Å². The molecule has 0 amide bonds. The zero-order valence-corrected chi connectivity index (χ0v) is 14.9. The van der Waals surface area contributed by atoms with Gasteiger partial charge in [0.05, 0.1) is 11.7 Å². The minimum absolute atomic E-state index is 0.0564. The van der Waals surface area contributed by atoms with Crippen LogP contribution < -0.4 is 0 Å². The number of hydrogen-bond acceptors (Lipinski definition) is 3. The van der Waals surface area contributed by atoms with Crippen LogP contribution in [-0.4, -0.2) is 37.3 Å². The summed E-state index contributed by atoms with van der Waals surface area (Å²) in [5.74, 6) is 1.92. The van der Waals surface area contributed by atoms with Gasteiger partial charge in [-0.25, -0.2) is 4.98 Å². The molecule has 0 unspecified atom stereocenters. The van der Waals surface area contributed by atoms with Crippen LogP contribution in [0.5, 0.6) is 0 Å². The fraction of sp³-hybridized carbons (Fsp3) is 0.667. The molecule has 0 bridgehead atoms. The summed E-state index contributed by atoms with van der Waals surface area (Å²) in [5, 5.41) is 4.52. The predicted octanol–water partition coefficient (Wildman–Crippen LogP) is 2.83. The van der Waals surface area contributed by atoms with Gasteiger partial charge >= 0.3 is 0 Å². The number of aromatic nitrogens is 4. The van der Waals surface area contributed by atoms with Gasteiger partial charge in [0.25, 0.3) is 0 Å². The summed E-state index contributed by atoms with van der Waals surface area (Å²) in [6, 6.07) is 0. The van der Waals surface area contributed by atoms with Gasteiger partial charge < -0.3 is 4.57 Å². The monoisotopic (exact) mass is 315 g/mol. The topological polar surface area (TPSA) is 38.9 Å². The molecule has 0 spiro atoms. The molecule has 3 rings (SSSR count). The highest BCUT2D eigenvalue weighted by Gasteiger charge is 2.22. The Morgan fingerprint density at radius 3 is 2.78 bits per heavy atom. The quantitative estimate of drug-likeness (QED) is 0.871. The summed E-state index contributed by atoms with van der Waals surface area (Å²) in [6.07, 6.45) is 11.8. The van der Waals surface area contributed by atoms with Crippen molar-refractivity contribution in [3.05, 3.63) is 36.2 Å². The molecule has 0 radical (unpaired) electrons. The Labute approximate surface area is 139 Å². The molecule has 0 aliphatic carbocycles. The molecule has 1 saturated heterocycles. The van der Waals surface area contributed by atoms with E-state index in [1.807, 2.05) is 18.6 Å². The van der Waals surface area contributed by atoms with Crippen LogP contribution in [0.1, 0.15) is 45.0 Å². The van der Waals surface area contributed by atoms with E-state index in [-0.39, 0.29) is 5.54 Å². The second-order valence-corrected chi connectivity index (χ2v) is 7.87. The molecule has 2 aromatic heterocycles. The molecule has 1 aliphatic rings. The molecule has 1 aliphatic heterocycles. The lowest BCUT2D eigenvalue weighted by Gasteiger charge is -2.32. The Kier molecular flexibility index (Phi) is 4.57. The van der Waals surface area contributed by atoms with Crippen molar-refractivity contribution >= 4 is 0 Å². The van der Waals surface area contributed by atoms with E-state index in [4.69, 9.17) is 0 Å². The van der Waals surface area contributed by atoms with E-state index in [1.54, 1.807) is 0 Å². The standard InChI is InChI=1S/C18H29N5/c1-18(2,3)23-14-16(11-20-23)13-22-8-5-6-15(12-22)10-17-19-7-9-21(17)4/h7,9,11,14-15H,5-6,8,10,12-13H2,1-4H3/t15-/m1/s1. The van der Waals surface area contributed by atoms with Crippen LogP contribution in [0.15, 0.2) is 24.8 Å². The molecule has 3 heterocycles. The van der Waals surface area contributed by atoms with Crippen molar-refractivity contribution in [1.82, 2.24) is 24.2 Å². The molecule has 126 valence electrons. The first kappa shape index (κ1) is 16.2. The first-order valence-corrected chi connectivity index (χ1v) is 8.64. The number of likely N-dealkylation sites (tertiary alicyclic amines) is 1. The third-order valence-corrected chi connectivity index (χ3v) is 4.72. The van der Waals surface area contributed by atoms with Crippen LogP contribution in [-0.2, 0) is 25.6 Å². The number of piperidine rings is 1. The third kappa shape index (κ3) is 4.02. The Balaban J connectivity index is 1.58. The Hall–Kier alpha value is -1.62. The normalized spacial score (nSPS) is 20.1. The van der Waals surface area contributed by atoms with Crippen LogP contribution in [0.2, 0.25) is 0 Å². The Morgan fingerprint density at radius 1 is 1.30 bits per heavy atom. The number of nitrogens with zero attached hydrogens (tertiary/aromatic N) is 5. The first-order valence-electron chi connectivity index (χ1n) is 8.64. The maximum Gasteiger partial charge on any atom is 0.108 e. The lowest BCUT2D eigenvalue weighted by atomic mass is 9.94. The number of hydrogen-bond donors (Lipinski definition) is 0. The van der Waals surface area contributed by atoms with Gasteiger partial charge in [-0.15, -0.1) is 0 Å². The van der Waals surface area contributed by atoms with Crippen molar-refractivity contribution in [2.75, 3.05) is 13.1 Å². The molecule has 1 fully saturated rings. The summed E-state index contributed by atoms with van der Waals surface area (Å²) < 4.78 is 4.21. The molecular weight excluding hydrogens is 286 g/mol. The van der Waals surface area contributed by atoms with Crippen molar-refractivity contribution in [3.63, 3.8) is 0 Å². The first-order chi connectivity index (χ1) is 10.9. The van der Waals surface area contributed by atoms with Crippen LogP contribution in [0.3, 0.4) is 0 Å². The minimum Gasteiger partial charge on any atom is -0.338 e. The predicted molar refractivity (Wildman–Crippen MR) is 92.1 cm³/mol. The van der Waals surface area contributed by atoms with Gasteiger partial charge in [-0.05, 0) is 46.1 Å². The van der Waals surface area contributed by atoms with Gasteiger partial charge in [0.15, 0.2) is 0 Å². The van der Waals surface area contributed by atoms with Gasteiger partial charge in [-0.1, -0.05) is 0 Å². The number of rotatable bonds is 4. The minimum atomic E-state index is 0.0564. The maximum atomic E-state index is 4.52. The summed E-state index contributed by atoms with van der Waals surface area (Å²) in [7, 11) is 2.09. The molecule has 0 aromatic carbocycles. The van der Waals surface area contributed by atoms with E-state index in [2.05, 4.69) is 58.2 Å². The third-order valence-electron chi connectivity index (χ3n) is 4.72. The lowest BCUT2D eigenvalue weighted by Crippen LogP contribution is -2.36. The van der Waals surface area contributed by atoms with Crippen LogP contribution in [0.4, 0.5) is 0 Å². The molecule has 2 aromatic rings. The van der Waals surface area contributed by atoms with Gasteiger partial charge in [0, 0.05) is 50.7 Å². The lowest BCUT2D eigenvalue weighted by molar-refractivity contribution is 0.165. The summed E-state index contributed by atoms with van der Waals surface area (Å²) >= 11 is 0. The Bertz CT molecular complexity index is 634. The smallest absolute Gasteiger partial charge is 0.108 e. The average Bonchev–Trinajstić information content (AvgIpc) is 3.09. The number of imidazole rings is 1. The van der Waals surface area contributed by atoms with Crippen LogP contribution >= 0.6 is 0 Å². The second-order valence-electron chi connectivity index (χ2n) is 7.87. The van der Waals surface area contributed by atoms with Crippen molar-refractivity contribution in [3.8, 4) is 0 Å². The summed E-state index contributed by atoms with van der Waals surface area (Å²) in [5.41, 5.74) is 1.37. The zero-order valence-electron chi connectivity index (χ0n) is 14.9. The molecular formula is C18H29N5. The number of aryl methyl sites for hydroxylation is 1. The van der Waals surface area contributed by atoms with E-state index in [0.717, 1.165) is 19.5 Å². The van der Waals surface area contributed by atoms with E-state index in [9.17, 15) is 0 Å². The molecule has 1 atom stereocenters. The Morgan fingerprint density at radius 2 is 2.13 bits per heavy atom. The van der Waals surface area contributed by atoms with Crippen molar-refractivity contribution < 1.29 is 0 Å². The molecule has 5 heteroatoms. The van der Waals surface area contributed by atoms with Gasteiger partial charge in [-0.2, -0.15) is 5.10 Å². The van der Waals surface area contributed by atoms with E-state index in [0.29, 0.717) is 5.92 Å². The summed E-state index contributed by atoms with van der Waals surface area (Å²) in [4.78, 5) is 7.05. The average molecular weight is 315 g/mol. The largest absolute Gasteiger partial charge is 0.338 e. The van der Waals surface area contributed by atoms with Gasteiger partial charge in [-0.3, -0.25) is 9.58 Å². The fourth-order valence-corrected chi connectivity index (χ4v) is 3.38. The van der Waals surface area contributed by atoms with Crippen molar-refractivity contribution in [2.24, 2.45) is 13.0 Å². The van der Waals surface area contributed by atoms with E-state index in [1.165, 1.54) is 30.8 Å². The van der Waals surface area contributed by atoms with Crippen molar-refractivity contribution in [1.29, 1.82) is 0 Å². The molecule has 5 nitrogen and oxygen atoms in total. The van der Waals surface area contributed by atoms with Gasteiger partial charge in [0.2, 0.25) is 0 Å². The highest BCUT2D eigenvalue weighted by atomic mass is 15.3. The highest BCUT2D eigenvalue weighted by Crippen LogP contribution is 2.22. The molecule has 0 N–H and O–H groups in total. The summed E-state index contributed by atoms with van der Waals surface area (Å²) in [6.45, 7) is 9.92. The highest BCUT2D eigenvalue weighted by molar-refractivity contribution is 5.05. The SMILES string of the molecule is Cn1ccnc1C[C@H]1CCCN(Cc2cnn(C(C)(C)C)c2)C1. The van der Waals surface area contributed by atoms with E-state index >= 15 is 0 Å². The van der Waals surface area contributed by atoms with Gasteiger partial charge in [0.1, 0.15) is 5.82 Å².